The number of nitrogens with one attached hydrogen (secondary N) is 1. The second kappa shape index (κ2) is 10.6. The first-order valence-electron chi connectivity index (χ1n) is 11.7. The van der Waals surface area contributed by atoms with Crippen LogP contribution in [-0.4, -0.2) is 26.4 Å². The zero-order valence-electron chi connectivity index (χ0n) is 20.3. The molecule has 0 aliphatic heterocycles. The number of fused-ring (bicyclic) bond motifs is 1. The Hall–Kier alpha value is -3.22. The highest BCUT2D eigenvalue weighted by Crippen LogP contribution is 2.23. The SMILES string of the molecule is CCCCc1ccc(C(NC(=O)CCc2c(C)nc3c(C(N)=O)cnn3c2C)C(C)C)cc1. The van der Waals surface area contributed by atoms with E-state index in [1.54, 1.807) is 4.52 Å². The Morgan fingerprint density at radius 2 is 1.82 bits per heavy atom. The molecule has 176 valence electrons. The van der Waals surface area contributed by atoms with Crippen LogP contribution in [0.4, 0.5) is 0 Å². The van der Waals surface area contributed by atoms with Gasteiger partial charge in [0.25, 0.3) is 5.91 Å². The molecule has 1 aromatic carbocycles. The number of benzene rings is 1. The molecule has 7 nitrogen and oxygen atoms in total. The molecule has 33 heavy (non-hydrogen) atoms. The van der Waals surface area contributed by atoms with Gasteiger partial charge in [-0.05, 0) is 55.7 Å². The minimum absolute atomic E-state index is 0.000877. The van der Waals surface area contributed by atoms with E-state index in [9.17, 15) is 9.59 Å². The highest BCUT2D eigenvalue weighted by atomic mass is 16.2. The van der Waals surface area contributed by atoms with E-state index in [1.807, 2.05) is 13.8 Å². The Kier molecular flexibility index (Phi) is 7.84. The largest absolute Gasteiger partial charge is 0.365 e. The van der Waals surface area contributed by atoms with E-state index >= 15 is 0 Å². The van der Waals surface area contributed by atoms with E-state index in [1.165, 1.54) is 24.6 Å². The standard InChI is InChI=1S/C26H35N5O2/c1-6-7-8-19-9-11-20(12-10-19)24(16(2)3)30-23(32)14-13-21-17(4)29-26-22(25(27)33)15-28-31(26)18(21)5/h9-12,15-16,24H,6-8,13-14H2,1-5H3,(H2,27,33)(H,30,32). The molecule has 0 saturated carbocycles. The van der Waals surface area contributed by atoms with Crippen molar-refractivity contribution in [1.82, 2.24) is 19.9 Å². The van der Waals surface area contributed by atoms with Crippen molar-refractivity contribution < 1.29 is 9.59 Å². The lowest BCUT2D eigenvalue weighted by atomic mass is 9.94. The smallest absolute Gasteiger partial charge is 0.254 e. The summed E-state index contributed by atoms with van der Waals surface area (Å²) < 4.78 is 1.62. The van der Waals surface area contributed by atoms with Gasteiger partial charge in [-0.3, -0.25) is 9.59 Å². The maximum Gasteiger partial charge on any atom is 0.254 e. The van der Waals surface area contributed by atoms with Crippen LogP contribution < -0.4 is 11.1 Å². The van der Waals surface area contributed by atoms with Crippen molar-refractivity contribution in [2.75, 3.05) is 0 Å². The van der Waals surface area contributed by atoms with E-state index < -0.39 is 5.91 Å². The lowest BCUT2D eigenvalue weighted by Gasteiger charge is -2.23. The van der Waals surface area contributed by atoms with Crippen LogP contribution in [0.1, 0.15) is 84.5 Å². The summed E-state index contributed by atoms with van der Waals surface area (Å²) in [4.78, 5) is 29.0. The number of primary amides is 1. The second-order valence-electron chi connectivity index (χ2n) is 9.05. The zero-order chi connectivity index (χ0) is 24.1. The number of rotatable bonds is 10. The summed E-state index contributed by atoms with van der Waals surface area (Å²) in [6.07, 6.45) is 5.78. The monoisotopic (exact) mass is 449 g/mol. The summed E-state index contributed by atoms with van der Waals surface area (Å²) in [6.45, 7) is 10.2. The number of nitrogens with two attached hydrogens (primary N) is 1. The Balaban J connectivity index is 1.70. The first-order chi connectivity index (χ1) is 15.7. The van der Waals surface area contributed by atoms with Gasteiger partial charge < -0.3 is 11.1 Å². The third-order valence-electron chi connectivity index (χ3n) is 6.22. The fraction of sp³-hybridized carbons (Fsp3) is 0.462. The number of hydrogen-bond acceptors (Lipinski definition) is 4. The van der Waals surface area contributed by atoms with Gasteiger partial charge in [0.05, 0.1) is 12.2 Å². The van der Waals surface area contributed by atoms with Crippen molar-refractivity contribution >= 4 is 17.5 Å². The van der Waals surface area contributed by atoms with Gasteiger partial charge >= 0.3 is 0 Å². The molecule has 0 radical (unpaired) electrons. The maximum atomic E-state index is 12.9. The molecule has 0 aliphatic rings. The van der Waals surface area contributed by atoms with Crippen LogP contribution in [0.2, 0.25) is 0 Å². The van der Waals surface area contributed by atoms with Gasteiger partial charge in [-0.2, -0.15) is 5.10 Å². The third-order valence-corrected chi connectivity index (χ3v) is 6.22. The van der Waals surface area contributed by atoms with E-state index in [0.29, 0.717) is 24.1 Å². The summed E-state index contributed by atoms with van der Waals surface area (Å²) in [7, 11) is 0. The van der Waals surface area contributed by atoms with Gasteiger partial charge in [0.15, 0.2) is 5.65 Å². The molecule has 2 heterocycles. The van der Waals surface area contributed by atoms with Gasteiger partial charge in [-0.25, -0.2) is 9.50 Å². The molecule has 3 rings (SSSR count). The molecule has 3 aromatic rings. The minimum Gasteiger partial charge on any atom is -0.365 e. The van der Waals surface area contributed by atoms with Crippen molar-refractivity contribution in [1.29, 1.82) is 0 Å². The van der Waals surface area contributed by atoms with Crippen molar-refractivity contribution in [2.45, 2.75) is 72.8 Å². The third kappa shape index (κ3) is 5.59. The van der Waals surface area contributed by atoms with Crippen LogP contribution in [0.15, 0.2) is 30.5 Å². The number of aromatic nitrogens is 3. The first-order valence-corrected chi connectivity index (χ1v) is 11.7. The Morgan fingerprint density at radius 3 is 2.42 bits per heavy atom. The summed E-state index contributed by atoms with van der Waals surface area (Å²) in [5.74, 6) is -0.282. The van der Waals surface area contributed by atoms with E-state index in [2.05, 4.69) is 60.4 Å². The molecular formula is C26H35N5O2. The van der Waals surface area contributed by atoms with Crippen LogP contribution in [0.25, 0.3) is 5.65 Å². The van der Waals surface area contributed by atoms with Crippen LogP contribution in [0.5, 0.6) is 0 Å². The average molecular weight is 450 g/mol. The molecule has 0 spiro atoms. The number of hydrogen-bond donors (Lipinski definition) is 2. The fourth-order valence-electron chi connectivity index (χ4n) is 4.24. The predicted molar refractivity (Wildman–Crippen MR) is 130 cm³/mol. The number of carbonyl (C=O) groups is 2. The molecule has 1 atom stereocenters. The molecule has 1 unspecified atom stereocenters. The normalized spacial score (nSPS) is 12.3. The van der Waals surface area contributed by atoms with E-state index in [-0.39, 0.29) is 17.9 Å². The lowest BCUT2D eigenvalue weighted by molar-refractivity contribution is -0.122. The van der Waals surface area contributed by atoms with Crippen molar-refractivity contribution in [3.63, 3.8) is 0 Å². The van der Waals surface area contributed by atoms with Gasteiger partial charge in [0.2, 0.25) is 5.91 Å². The minimum atomic E-state index is -0.554. The Bertz CT molecular complexity index is 1130. The number of aryl methyl sites for hydroxylation is 3. The van der Waals surface area contributed by atoms with Gasteiger partial charge in [-0.15, -0.1) is 0 Å². The Labute approximate surface area is 195 Å². The predicted octanol–water partition coefficient (Wildman–Crippen LogP) is 4.23. The van der Waals surface area contributed by atoms with E-state index in [0.717, 1.165) is 28.9 Å². The molecule has 0 saturated heterocycles. The second-order valence-corrected chi connectivity index (χ2v) is 9.05. The van der Waals surface area contributed by atoms with Gasteiger partial charge in [-0.1, -0.05) is 51.5 Å². The molecule has 2 aromatic heterocycles. The lowest BCUT2D eigenvalue weighted by Crippen LogP contribution is -2.32. The van der Waals surface area contributed by atoms with Crippen molar-refractivity contribution in [3.05, 3.63) is 64.1 Å². The molecule has 3 N–H and O–H groups in total. The zero-order valence-corrected chi connectivity index (χ0v) is 20.3. The summed E-state index contributed by atoms with van der Waals surface area (Å²) in [5.41, 5.74) is 11.2. The topological polar surface area (TPSA) is 102 Å². The molecular weight excluding hydrogens is 414 g/mol. The Morgan fingerprint density at radius 1 is 1.12 bits per heavy atom. The number of unbranched alkanes of at least 4 members (excludes halogenated alkanes) is 1. The molecule has 0 bridgehead atoms. The summed E-state index contributed by atoms with van der Waals surface area (Å²) >= 11 is 0. The van der Waals surface area contributed by atoms with E-state index in [4.69, 9.17) is 5.73 Å². The van der Waals surface area contributed by atoms with Crippen LogP contribution in [-0.2, 0) is 17.6 Å². The maximum absolute atomic E-state index is 12.9. The van der Waals surface area contributed by atoms with Crippen molar-refractivity contribution in [3.8, 4) is 0 Å². The highest BCUT2D eigenvalue weighted by molar-refractivity contribution is 5.98. The first kappa shape index (κ1) is 24.4. The molecule has 0 fully saturated rings. The number of carbonyl (C=O) groups excluding carboxylic acids is 2. The van der Waals surface area contributed by atoms with Crippen molar-refractivity contribution in [2.24, 2.45) is 11.7 Å². The van der Waals surface area contributed by atoms with Crippen LogP contribution in [0.3, 0.4) is 0 Å². The summed E-state index contributed by atoms with van der Waals surface area (Å²) in [6, 6.07) is 8.58. The molecule has 7 heteroatoms. The molecule has 2 amide bonds. The highest BCUT2D eigenvalue weighted by Gasteiger charge is 2.20. The van der Waals surface area contributed by atoms with Crippen LogP contribution >= 0.6 is 0 Å². The number of amides is 2. The number of nitrogens with zero attached hydrogens (tertiary/aromatic N) is 3. The average Bonchev–Trinajstić information content (AvgIpc) is 3.20. The fourth-order valence-corrected chi connectivity index (χ4v) is 4.24. The van der Waals surface area contributed by atoms with Crippen LogP contribution in [0, 0.1) is 19.8 Å². The quantitative estimate of drug-likeness (QED) is 0.483. The molecule has 0 aliphatic carbocycles. The van der Waals surface area contributed by atoms with Gasteiger partial charge in [0, 0.05) is 17.8 Å². The summed E-state index contributed by atoms with van der Waals surface area (Å²) in [5, 5.41) is 7.48. The van der Waals surface area contributed by atoms with Gasteiger partial charge in [0.1, 0.15) is 5.56 Å².